The number of fused-ring (bicyclic) bond motifs is 1. The Morgan fingerprint density at radius 2 is 1.94 bits per heavy atom. The van der Waals surface area contributed by atoms with Crippen LogP contribution in [0.15, 0.2) is 29.3 Å². The molecule has 174 valence electrons. The summed E-state index contributed by atoms with van der Waals surface area (Å²) in [6, 6.07) is 7.77. The second kappa shape index (κ2) is 10.8. The molecule has 2 heterocycles. The number of piperidine rings is 1. The van der Waals surface area contributed by atoms with E-state index in [1.807, 2.05) is 24.3 Å². The van der Waals surface area contributed by atoms with Gasteiger partial charge in [-0.25, -0.2) is 13.4 Å². The van der Waals surface area contributed by atoms with Gasteiger partial charge in [0.1, 0.15) is 5.82 Å². The molecule has 8 nitrogen and oxygen atoms in total. The Morgan fingerprint density at radius 1 is 1.26 bits per heavy atom. The number of benzene rings is 1. The summed E-state index contributed by atoms with van der Waals surface area (Å²) in [5.74, 6) is 1.51. The van der Waals surface area contributed by atoms with Crippen LogP contribution in [0.1, 0.15) is 18.7 Å². The molecule has 3 rings (SSSR count). The SMILES string of the molecule is CN=C(NCCc1nc2ccccc2[nH]1)NCC1CCN(S(=O)(=O)C(F)(F)F)CC1.I. The van der Waals surface area contributed by atoms with Gasteiger partial charge in [-0.05, 0) is 30.9 Å². The first-order valence-corrected chi connectivity index (χ1v) is 11.1. The number of H-pyrrole nitrogens is 1. The number of sulfonamides is 1. The number of alkyl halides is 3. The third-order valence-electron chi connectivity index (χ3n) is 5.08. The molecular formula is C18H26F3IN6O2S. The molecule has 1 aliphatic heterocycles. The number of para-hydroxylation sites is 2. The minimum absolute atomic E-state index is 0. The highest BCUT2D eigenvalue weighted by Gasteiger charge is 2.50. The Bertz CT molecular complexity index is 955. The van der Waals surface area contributed by atoms with Gasteiger partial charge >= 0.3 is 15.5 Å². The van der Waals surface area contributed by atoms with E-state index in [2.05, 4.69) is 25.6 Å². The molecule has 0 spiro atoms. The molecule has 1 saturated heterocycles. The van der Waals surface area contributed by atoms with Crippen molar-refractivity contribution in [2.24, 2.45) is 10.9 Å². The molecule has 31 heavy (non-hydrogen) atoms. The molecular weight excluding hydrogens is 548 g/mol. The number of halogens is 4. The topological polar surface area (TPSA) is 102 Å². The van der Waals surface area contributed by atoms with Gasteiger partial charge in [0.15, 0.2) is 5.96 Å². The van der Waals surface area contributed by atoms with Gasteiger partial charge in [0.25, 0.3) is 0 Å². The number of imidazole rings is 1. The highest BCUT2D eigenvalue weighted by molar-refractivity contribution is 14.0. The van der Waals surface area contributed by atoms with Crippen LogP contribution in [0.3, 0.4) is 0 Å². The molecule has 0 saturated carbocycles. The first-order chi connectivity index (χ1) is 14.2. The predicted molar refractivity (Wildman–Crippen MR) is 124 cm³/mol. The van der Waals surface area contributed by atoms with Gasteiger partial charge in [-0.2, -0.15) is 17.5 Å². The first kappa shape index (κ1) is 25.6. The minimum Gasteiger partial charge on any atom is -0.356 e. The lowest BCUT2D eigenvalue weighted by atomic mass is 9.98. The van der Waals surface area contributed by atoms with Gasteiger partial charge < -0.3 is 15.6 Å². The molecule has 1 aromatic carbocycles. The molecule has 2 aromatic rings. The number of hydrogen-bond acceptors (Lipinski definition) is 4. The zero-order valence-electron chi connectivity index (χ0n) is 16.9. The molecule has 0 amide bonds. The molecule has 3 N–H and O–H groups in total. The lowest BCUT2D eigenvalue weighted by Crippen LogP contribution is -2.47. The van der Waals surface area contributed by atoms with E-state index in [-0.39, 0.29) is 43.0 Å². The highest BCUT2D eigenvalue weighted by Crippen LogP contribution is 2.30. The fraction of sp³-hybridized carbons (Fsp3) is 0.556. The van der Waals surface area contributed by atoms with Gasteiger partial charge in [-0.15, -0.1) is 24.0 Å². The number of nitrogens with one attached hydrogen (secondary N) is 3. The van der Waals surface area contributed by atoms with Crippen LogP contribution >= 0.6 is 24.0 Å². The number of rotatable bonds is 6. The van der Waals surface area contributed by atoms with Crippen molar-refractivity contribution < 1.29 is 21.6 Å². The maximum Gasteiger partial charge on any atom is 0.511 e. The van der Waals surface area contributed by atoms with Gasteiger partial charge in [0.05, 0.1) is 11.0 Å². The number of guanidine groups is 1. The minimum atomic E-state index is -5.25. The fourth-order valence-electron chi connectivity index (χ4n) is 3.39. The summed E-state index contributed by atoms with van der Waals surface area (Å²) >= 11 is 0. The average Bonchev–Trinajstić information content (AvgIpc) is 3.13. The van der Waals surface area contributed by atoms with Gasteiger partial charge in [-0.1, -0.05) is 12.1 Å². The molecule has 1 fully saturated rings. The van der Waals surface area contributed by atoms with E-state index in [9.17, 15) is 21.6 Å². The zero-order chi connectivity index (χ0) is 21.8. The predicted octanol–water partition coefficient (Wildman–Crippen LogP) is 2.45. The smallest absolute Gasteiger partial charge is 0.356 e. The molecule has 13 heteroatoms. The second-order valence-electron chi connectivity index (χ2n) is 7.12. The van der Waals surface area contributed by atoms with Crippen molar-refractivity contribution in [3.8, 4) is 0 Å². The number of hydrogen-bond donors (Lipinski definition) is 3. The standard InChI is InChI=1S/C18H25F3N6O2S.HI/c1-22-17(23-9-6-16-25-14-4-2-3-5-15(14)26-16)24-12-13-7-10-27(11-8-13)30(28,29)18(19,20)21;/h2-5,13H,6-12H2,1H3,(H,25,26)(H2,22,23,24);1H. The summed E-state index contributed by atoms with van der Waals surface area (Å²) in [4.78, 5) is 11.9. The van der Waals surface area contributed by atoms with Crippen molar-refractivity contribution in [3.63, 3.8) is 0 Å². The van der Waals surface area contributed by atoms with Crippen molar-refractivity contribution in [2.45, 2.75) is 24.8 Å². The van der Waals surface area contributed by atoms with Crippen LogP contribution in [0.5, 0.6) is 0 Å². The molecule has 1 aromatic heterocycles. The van der Waals surface area contributed by atoms with Crippen LogP contribution in [-0.2, 0) is 16.4 Å². The Hall–Kier alpha value is -1.61. The largest absolute Gasteiger partial charge is 0.511 e. The lowest BCUT2D eigenvalue weighted by Gasteiger charge is -2.31. The number of aliphatic imine (C=N–C) groups is 1. The van der Waals surface area contributed by atoms with E-state index < -0.39 is 15.5 Å². The van der Waals surface area contributed by atoms with Gasteiger partial charge in [0.2, 0.25) is 0 Å². The third-order valence-corrected chi connectivity index (χ3v) is 6.71. The van der Waals surface area contributed by atoms with Crippen LogP contribution < -0.4 is 10.6 Å². The fourth-order valence-corrected chi connectivity index (χ4v) is 4.37. The molecule has 0 unspecified atom stereocenters. The van der Waals surface area contributed by atoms with Gasteiger partial charge in [-0.3, -0.25) is 4.99 Å². The molecule has 0 aliphatic carbocycles. The lowest BCUT2D eigenvalue weighted by molar-refractivity contribution is -0.0496. The average molecular weight is 574 g/mol. The Labute approximate surface area is 196 Å². The van der Waals surface area contributed by atoms with E-state index in [0.717, 1.165) is 16.9 Å². The summed E-state index contributed by atoms with van der Waals surface area (Å²) in [5.41, 5.74) is -3.35. The zero-order valence-corrected chi connectivity index (χ0v) is 20.1. The van der Waals surface area contributed by atoms with E-state index in [1.54, 1.807) is 7.05 Å². The molecule has 1 aliphatic rings. The van der Waals surface area contributed by atoms with Crippen molar-refractivity contribution in [1.29, 1.82) is 0 Å². The van der Waals surface area contributed by atoms with Crippen molar-refractivity contribution >= 4 is 51.0 Å². The summed E-state index contributed by atoms with van der Waals surface area (Å²) in [6.45, 7) is 0.838. The van der Waals surface area contributed by atoms with Crippen molar-refractivity contribution in [1.82, 2.24) is 24.9 Å². The maximum absolute atomic E-state index is 12.6. The van der Waals surface area contributed by atoms with E-state index >= 15 is 0 Å². The Kier molecular flexibility index (Phi) is 8.94. The number of aromatic amines is 1. The van der Waals surface area contributed by atoms with Crippen LogP contribution in [0.25, 0.3) is 11.0 Å². The number of aromatic nitrogens is 2. The summed E-state index contributed by atoms with van der Waals surface area (Å²) in [7, 11) is -3.61. The highest BCUT2D eigenvalue weighted by atomic mass is 127. The normalized spacial score (nSPS) is 16.8. The Balaban J connectivity index is 0.00000341. The number of nitrogens with zero attached hydrogens (tertiary/aromatic N) is 3. The first-order valence-electron chi connectivity index (χ1n) is 9.65. The van der Waals surface area contributed by atoms with E-state index in [4.69, 9.17) is 0 Å². The molecule has 0 radical (unpaired) electrons. The van der Waals surface area contributed by atoms with E-state index in [1.165, 1.54) is 0 Å². The third kappa shape index (κ3) is 6.44. The van der Waals surface area contributed by atoms with E-state index in [0.29, 0.717) is 42.6 Å². The van der Waals surface area contributed by atoms with Crippen LogP contribution in [0, 0.1) is 5.92 Å². The summed E-state index contributed by atoms with van der Waals surface area (Å²) in [5, 5.41) is 6.33. The summed E-state index contributed by atoms with van der Waals surface area (Å²) < 4.78 is 61.4. The van der Waals surface area contributed by atoms with Crippen LogP contribution in [-0.4, -0.2) is 67.4 Å². The molecule has 0 atom stereocenters. The maximum atomic E-state index is 12.6. The van der Waals surface area contributed by atoms with Crippen molar-refractivity contribution in [3.05, 3.63) is 30.1 Å². The quantitative estimate of drug-likeness (QED) is 0.280. The van der Waals surface area contributed by atoms with Crippen LogP contribution in [0.2, 0.25) is 0 Å². The Morgan fingerprint density at radius 3 is 2.55 bits per heavy atom. The van der Waals surface area contributed by atoms with Crippen LogP contribution in [0.4, 0.5) is 13.2 Å². The second-order valence-corrected chi connectivity index (χ2v) is 9.05. The molecule has 0 bridgehead atoms. The summed E-state index contributed by atoms with van der Waals surface area (Å²) in [6.07, 6.45) is 1.39. The monoisotopic (exact) mass is 574 g/mol. The van der Waals surface area contributed by atoms with Gasteiger partial charge in [0, 0.05) is 39.6 Å². The van der Waals surface area contributed by atoms with Crippen molar-refractivity contribution in [2.75, 3.05) is 33.2 Å².